The third-order valence-corrected chi connectivity index (χ3v) is 4.92. The molecule has 0 N–H and O–H groups in total. The number of aromatic nitrogens is 3. The first-order chi connectivity index (χ1) is 14.2. The fraction of sp³-hybridized carbons (Fsp3) is 0.318. The van der Waals surface area contributed by atoms with Gasteiger partial charge in [-0.25, -0.2) is 9.67 Å². The second-order valence-corrected chi connectivity index (χ2v) is 6.87. The van der Waals surface area contributed by atoms with Gasteiger partial charge in [0.15, 0.2) is 0 Å². The van der Waals surface area contributed by atoms with E-state index in [0.29, 0.717) is 26.3 Å². The summed E-state index contributed by atoms with van der Waals surface area (Å²) in [5, 5.41) is 4.02. The van der Waals surface area contributed by atoms with E-state index in [1.807, 2.05) is 37.3 Å². The van der Waals surface area contributed by atoms with Gasteiger partial charge in [0.2, 0.25) is 5.91 Å². The summed E-state index contributed by atoms with van der Waals surface area (Å²) in [6.45, 7) is 4.25. The Morgan fingerprint density at radius 2 is 2.07 bits per heavy atom. The van der Waals surface area contributed by atoms with E-state index >= 15 is 0 Å². The van der Waals surface area contributed by atoms with E-state index in [0.717, 1.165) is 22.4 Å². The minimum absolute atomic E-state index is 0.0122. The molecule has 3 aromatic rings. The summed E-state index contributed by atoms with van der Waals surface area (Å²) in [6.07, 6.45) is 2.82. The highest BCUT2D eigenvalue weighted by Crippen LogP contribution is 2.31. The Morgan fingerprint density at radius 1 is 1.21 bits per heavy atom. The summed E-state index contributed by atoms with van der Waals surface area (Å²) in [4.78, 5) is 18.4. The number of ether oxygens (including phenoxy) is 2. The van der Waals surface area contributed by atoms with Crippen LogP contribution in [0.5, 0.6) is 5.75 Å². The minimum Gasteiger partial charge on any atom is -0.491 e. The lowest BCUT2D eigenvalue weighted by Gasteiger charge is -2.21. The summed E-state index contributed by atoms with van der Waals surface area (Å²) < 4.78 is 13.5. The molecule has 4 rings (SSSR count). The van der Waals surface area contributed by atoms with Crippen molar-refractivity contribution in [1.29, 1.82) is 0 Å². The summed E-state index contributed by atoms with van der Waals surface area (Å²) in [7, 11) is 0. The van der Waals surface area contributed by atoms with E-state index in [1.54, 1.807) is 11.2 Å². The molecule has 0 bridgehead atoms. The summed E-state index contributed by atoms with van der Waals surface area (Å²) in [5.41, 5.74) is 3.13. The fourth-order valence-corrected chi connectivity index (χ4v) is 3.52. The maximum absolute atomic E-state index is 12.7. The lowest BCUT2D eigenvalue weighted by Crippen LogP contribution is -2.35. The van der Waals surface area contributed by atoms with Crippen LogP contribution in [0, 0.1) is 0 Å². The number of amides is 1. The van der Waals surface area contributed by atoms with E-state index < -0.39 is 0 Å². The third-order valence-electron chi connectivity index (χ3n) is 4.92. The first kappa shape index (κ1) is 19.1. The molecule has 0 radical (unpaired) electrons. The lowest BCUT2D eigenvalue weighted by atomic mass is 9.98. The van der Waals surface area contributed by atoms with Gasteiger partial charge in [0.05, 0.1) is 6.54 Å². The predicted octanol–water partition coefficient (Wildman–Crippen LogP) is 2.83. The molecule has 29 heavy (non-hydrogen) atoms. The predicted molar refractivity (Wildman–Crippen MR) is 107 cm³/mol. The molecule has 0 saturated heterocycles. The number of carbonyl (C=O) groups is 1. The molecule has 7 heteroatoms. The van der Waals surface area contributed by atoms with Crippen molar-refractivity contribution >= 4 is 5.91 Å². The molecule has 1 amide bonds. The van der Waals surface area contributed by atoms with Crippen molar-refractivity contribution in [3.05, 3.63) is 77.9 Å². The Morgan fingerprint density at radius 3 is 2.83 bits per heavy atom. The van der Waals surface area contributed by atoms with Gasteiger partial charge in [-0.3, -0.25) is 4.79 Å². The topological polar surface area (TPSA) is 69.5 Å². The molecule has 1 aliphatic heterocycles. The highest BCUT2D eigenvalue weighted by molar-refractivity contribution is 5.76. The van der Waals surface area contributed by atoms with Crippen LogP contribution in [0.2, 0.25) is 0 Å². The number of nitrogens with zero attached hydrogens (tertiary/aromatic N) is 4. The molecular weight excluding hydrogens is 368 g/mol. The van der Waals surface area contributed by atoms with Crippen molar-refractivity contribution in [2.75, 3.05) is 19.8 Å². The summed E-state index contributed by atoms with van der Waals surface area (Å²) >= 11 is 0. The van der Waals surface area contributed by atoms with Crippen molar-refractivity contribution in [3.8, 4) is 5.75 Å². The molecule has 2 heterocycles. The molecule has 150 valence electrons. The Bertz CT molecular complexity index is 944. The number of hydrogen-bond acceptors (Lipinski definition) is 5. The smallest absolute Gasteiger partial charge is 0.244 e. The summed E-state index contributed by atoms with van der Waals surface area (Å²) in [5.74, 6) is 0.801. The van der Waals surface area contributed by atoms with Crippen molar-refractivity contribution < 1.29 is 14.3 Å². The molecule has 0 fully saturated rings. The molecule has 7 nitrogen and oxygen atoms in total. The molecule has 1 aromatic heterocycles. The number of hydrogen-bond donors (Lipinski definition) is 0. The maximum atomic E-state index is 12.7. The van der Waals surface area contributed by atoms with Gasteiger partial charge in [-0.2, -0.15) is 5.10 Å². The first-order valence-corrected chi connectivity index (χ1v) is 9.77. The molecule has 0 spiro atoms. The second-order valence-electron chi connectivity index (χ2n) is 6.87. The average Bonchev–Trinajstić information content (AvgIpc) is 3.16. The Hall–Kier alpha value is -3.19. The molecule has 1 atom stereocenters. The van der Waals surface area contributed by atoms with Crippen LogP contribution in [0.3, 0.4) is 0 Å². The van der Waals surface area contributed by atoms with Crippen molar-refractivity contribution in [3.63, 3.8) is 0 Å². The van der Waals surface area contributed by atoms with Gasteiger partial charge in [0.1, 0.15) is 37.7 Å². The Kier molecular flexibility index (Phi) is 5.86. The van der Waals surface area contributed by atoms with Gasteiger partial charge in [-0.15, -0.1) is 0 Å². The zero-order chi connectivity index (χ0) is 20.1. The SMILES string of the molecule is CCO[C@H](c1ccccc1)c1ccc2c(c1)CN(C(=O)Cn1cncn1)CCO2. The highest BCUT2D eigenvalue weighted by atomic mass is 16.5. The number of carbonyl (C=O) groups excluding carboxylic acids is 1. The van der Waals surface area contributed by atoms with Crippen LogP contribution >= 0.6 is 0 Å². The van der Waals surface area contributed by atoms with Crippen LogP contribution in [-0.4, -0.2) is 45.3 Å². The van der Waals surface area contributed by atoms with Crippen LogP contribution in [0.15, 0.2) is 61.2 Å². The van der Waals surface area contributed by atoms with E-state index in [2.05, 4.69) is 28.3 Å². The van der Waals surface area contributed by atoms with E-state index in [-0.39, 0.29) is 18.6 Å². The number of fused-ring (bicyclic) bond motifs is 1. The normalized spacial score (nSPS) is 14.6. The quantitative estimate of drug-likeness (QED) is 0.645. The van der Waals surface area contributed by atoms with Gasteiger partial charge in [0.25, 0.3) is 0 Å². The minimum atomic E-state index is -0.158. The van der Waals surface area contributed by atoms with Crippen LogP contribution in [0.25, 0.3) is 0 Å². The fourth-order valence-electron chi connectivity index (χ4n) is 3.52. The first-order valence-electron chi connectivity index (χ1n) is 9.77. The van der Waals surface area contributed by atoms with E-state index in [1.165, 1.54) is 11.0 Å². The zero-order valence-electron chi connectivity index (χ0n) is 16.4. The standard InChI is InChI=1S/C22H24N4O3/c1-2-28-22(17-6-4-3-5-7-17)18-8-9-20-19(12-18)13-25(10-11-29-20)21(27)14-26-16-23-15-24-26/h3-9,12,15-16,22H,2,10-11,13-14H2,1H3/t22-/m1/s1. The largest absolute Gasteiger partial charge is 0.491 e. The van der Waals surface area contributed by atoms with Gasteiger partial charge in [0, 0.05) is 18.7 Å². The molecule has 0 saturated carbocycles. The monoisotopic (exact) mass is 392 g/mol. The zero-order valence-corrected chi connectivity index (χ0v) is 16.4. The van der Waals surface area contributed by atoms with E-state index in [9.17, 15) is 4.79 Å². The van der Waals surface area contributed by atoms with Gasteiger partial charge in [-0.1, -0.05) is 36.4 Å². The van der Waals surface area contributed by atoms with Crippen LogP contribution in [0.4, 0.5) is 0 Å². The number of rotatable bonds is 6. The number of benzene rings is 2. The van der Waals surface area contributed by atoms with Crippen molar-refractivity contribution in [2.45, 2.75) is 26.1 Å². The van der Waals surface area contributed by atoms with Crippen molar-refractivity contribution in [2.24, 2.45) is 0 Å². The summed E-state index contributed by atoms with van der Waals surface area (Å²) in [6, 6.07) is 16.3. The van der Waals surface area contributed by atoms with Gasteiger partial charge in [-0.05, 0) is 30.2 Å². The van der Waals surface area contributed by atoms with Crippen molar-refractivity contribution in [1.82, 2.24) is 19.7 Å². The highest BCUT2D eigenvalue weighted by Gasteiger charge is 2.22. The van der Waals surface area contributed by atoms with Crippen LogP contribution in [0.1, 0.15) is 29.7 Å². The van der Waals surface area contributed by atoms with Crippen LogP contribution < -0.4 is 4.74 Å². The Labute approximate surface area is 169 Å². The third kappa shape index (κ3) is 4.46. The maximum Gasteiger partial charge on any atom is 0.244 e. The molecule has 2 aromatic carbocycles. The van der Waals surface area contributed by atoms with Crippen LogP contribution in [-0.2, 0) is 22.6 Å². The Balaban J connectivity index is 1.58. The molecule has 1 aliphatic rings. The molecule has 0 aliphatic carbocycles. The van der Waals surface area contributed by atoms with E-state index in [4.69, 9.17) is 9.47 Å². The lowest BCUT2D eigenvalue weighted by molar-refractivity contribution is -0.132. The van der Waals surface area contributed by atoms with Gasteiger partial charge < -0.3 is 14.4 Å². The molecule has 0 unspecified atom stereocenters. The van der Waals surface area contributed by atoms with Gasteiger partial charge >= 0.3 is 0 Å². The molecular formula is C22H24N4O3. The second kappa shape index (κ2) is 8.87. The average molecular weight is 392 g/mol.